The lowest BCUT2D eigenvalue weighted by atomic mass is 10.0. The van der Waals surface area contributed by atoms with Gasteiger partial charge in [-0.25, -0.2) is 8.42 Å². The number of nitrogens with one attached hydrogen (secondary N) is 1. The zero-order valence-corrected chi connectivity index (χ0v) is 11.9. The van der Waals surface area contributed by atoms with Crippen LogP contribution in [0.4, 0.5) is 13.2 Å². The molecule has 0 aromatic heterocycles. The monoisotopic (exact) mass is 312 g/mol. The molecule has 116 valence electrons. The van der Waals surface area contributed by atoms with Gasteiger partial charge in [-0.3, -0.25) is 0 Å². The molecule has 1 unspecified atom stereocenters. The molecule has 8 heteroatoms. The molecular formula is C12H19F3N2O2S. The van der Waals surface area contributed by atoms with Crippen molar-refractivity contribution in [3.05, 3.63) is 11.6 Å². The predicted octanol–water partition coefficient (Wildman–Crippen LogP) is 1.51. The Hall–Kier alpha value is -0.600. The Kier molecular flexibility index (Phi) is 4.76. The number of alkyl halides is 3. The first-order chi connectivity index (χ1) is 9.29. The largest absolute Gasteiger partial charge is 0.412 e. The third-order valence-corrected chi connectivity index (χ3v) is 5.79. The van der Waals surface area contributed by atoms with Crippen LogP contribution in [0.25, 0.3) is 0 Å². The van der Waals surface area contributed by atoms with Crippen LogP contribution in [-0.4, -0.2) is 50.8 Å². The summed E-state index contributed by atoms with van der Waals surface area (Å²) in [5.74, 6) is 0.0802. The molecule has 2 rings (SSSR count). The summed E-state index contributed by atoms with van der Waals surface area (Å²) >= 11 is 0. The van der Waals surface area contributed by atoms with Gasteiger partial charge in [-0.05, 0) is 38.3 Å². The number of nitrogens with zero attached hydrogens (tertiary/aromatic N) is 1. The van der Waals surface area contributed by atoms with Gasteiger partial charge in [-0.1, -0.05) is 6.08 Å². The van der Waals surface area contributed by atoms with Crippen LogP contribution in [0.5, 0.6) is 0 Å². The fraction of sp³-hybridized carbons (Fsp3) is 0.833. The average Bonchev–Trinajstić information content (AvgIpc) is 2.38. The minimum Gasteiger partial charge on any atom is -0.316 e. The molecule has 0 aromatic rings. The van der Waals surface area contributed by atoms with Crippen LogP contribution in [0, 0.1) is 5.92 Å². The molecule has 0 amide bonds. The van der Waals surface area contributed by atoms with E-state index in [4.69, 9.17) is 0 Å². The number of rotatable bonds is 3. The van der Waals surface area contributed by atoms with E-state index in [2.05, 4.69) is 5.32 Å². The zero-order chi connectivity index (χ0) is 14.8. The van der Waals surface area contributed by atoms with Crippen molar-refractivity contribution in [3.8, 4) is 0 Å². The molecule has 0 radical (unpaired) electrons. The second-order valence-electron chi connectivity index (χ2n) is 5.33. The number of halogens is 3. The summed E-state index contributed by atoms with van der Waals surface area (Å²) in [6.07, 6.45) is -1.82. The first-order valence-electron chi connectivity index (χ1n) is 6.74. The van der Waals surface area contributed by atoms with Crippen LogP contribution >= 0.6 is 0 Å². The molecule has 1 atom stereocenters. The van der Waals surface area contributed by atoms with Crippen molar-refractivity contribution in [2.75, 3.05) is 31.9 Å². The van der Waals surface area contributed by atoms with Gasteiger partial charge in [0.15, 0.2) is 0 Å². The molecule has 1 N–H and O–H groups in total. The Morgan fingerprint density at radius 3 is 2.65 bits per heavy atom. The van der Waals surface area contributed by atoms with Crippen molar-refractivity contribution >= 4 is 10.0 Å². The molecule has 4 nitrogen and oxygen atoms in total. The van der Waals surface area contributed by atoms with E-state index >= 15 is 0 Å². The van der Waals surface area contributed by atoms with Crippen LogP contribution in [-0.2, 0) is 10.0 Å². The van der Waals surface area contributed by atoms with Crippen LogP contribution in [0.1, 0.15) is 19.3 Å². The van der Waals surface area contributed by atoms with Crippen LogP contribution in [0.2, 0.25) is 0 Å². The highest BCUT2D eigenvalue weighted by atomic mass is 32.2. The van der Waals surface area contributed by atoms with Gasteiger partial charge in [0.05, 0.1) is 5.75 Å². The minimum atomic E-state index is -4.34. The SMILES string of the molecule is O=S(=O)(CC1CCCNC1)N1CC=C(C(F)(F)F)CC1. The van der Waals surface area contributed by atoms with Crippen molar-refractivity contribution in [1.29, 1.82) is 0 Å². The molecule has 0 aromatic carbocycles. The third kappa shape index (κ3) is 3.95. The lowest BCUT2D eigenvalue weighted by molar-refractivity contribution is -0.0953. The van der Waals surface area contributed by atoms with E-state index < -0.39 is 21.8 Å². The van der Waals surface area contributed by atoms with E-state index in [1.54, 1.807) is 0 Å². The fourth-order valence-corrected chi connectivity index (χ4v) is 4.39. The Balaban J connectivity index is 1.96. The van der Waals surface area contributed by atoms with Crippen molar-refractivity contribution in [2.24, 2.45) is 5.92 Å². The Bertz CT molecular complexity index is 468. The summed E-state index contributed by atoms with van der Waals surface area (Å²) < 4.78 is 63.0. The van der Waals surface area contributed by atoms with Gasteiger partial charge in [-0.15, -0.1) is 0 Å². The Morgan fingerprint density at radius 1 is 1.40 bits per heavy atom. The molecule has 20 heavy (non-hydrogen) atoms. The smallest absolute Gasteiger partial charge is 0.316 e. The number of hydrogen-bond donors (Lipinski definition) is 1. The summed E-state index contributed by atoms with van der Waals surface area (Å²) in [6.45, 7) is 1.32. The fourth-order valence-electron chi connectivity index (χ4n) is 2.63. The van der Waals surface area contributed by atoms with E-state index in [9.17, 15) is 21.6 Å². The number of piperidine rings is 1. The standard InChI is InChI=1S/C12H19F3N2O2S/c13-12(14,15)11-3-6-17(7-4-11)20(18,19)9-10-2-1-5-16-8-10/h3,10,16H,1-2,4-9H2. The molecular weight excluding hydrogens is 293 g/mol. The van der Waals surface area contributed by atoms with E-state index in [1.807, 2.05) is 0 Å². The normalized spacial score (nSPS) is 26.4. The van der Waals surface area contributed by atoms with E-state index in [0.29, 0.717) is 6.54 Å². The van der Waals surface area contributed by atoms with Gasteiger partial charge < -0.3 is 5.32 Å². The predicted molar refractivity (Wildman–Crippen MR) is 69.7 cm³/mol. The second kappa shape index (κ2) is 6.03. The Morgan fingerprint density at radius 2 is 2.15 bits per heavy atom. The highest BCUT2D eigenvalue weighted by Crippen LogP contribution is 2.31. The van der Waals surface area contributed by atoms with Crippen LogP contribution in [0.3, 0.4) is 0 Å². The van der Waals surface area contributed by atoms with E-state index in [1.165, 1.54) is 0 Å². The third-order valence-electron chi connectivity index (χ3n) is 3.77. The van der Waals surface area contributed by atoms with Gasteiger partial charge >= 0.3 is 6.18 Å². The Labute approximate surface area is 117 Å². The summed E-state index contributed by atoms with van der Waals surface area (Å²) in [4.78, 5) is 0. The summed E-state index contributed by atoms with van der Waals surface area (Å²) in [5, 5.41) is 3.14. The molecule has 2 heterocycles. The van der Waals surface area contributed by atoms with Crippen molar-refractivity contribution in [2.45, 2.75) is 25.4 Å². The topological polar surface area (TPSA) is 49.4 Å². The van der Waals surface area contributed by atoms with Gasteiger partial charge in [-0.2, -0.15) is 17.5 Å². The lowest BCUT2D eigenvalue weighted by Crippen LogP contribution is -2.42. The van der Waals surface area contributed by atoms with Crippen molar-refractivity contribution < 1.29 is 21.6 Å². The summed E-state index contributed by atoms with van der Waals surface area (Å²) in [5.41, 5.74) is -0.622. The van der Waals surface area contributed by atoms with Gasteiger partial charge in [0.25, 0.3) is 0 Å². The molecule has 0 bridgehead atoms. The number of hydrogen-bond acceptors (Lipinski definition) is 3. The maximum atomic E-state index is 12.5. The van der Waals surface area contributed by atoms with Crippen LogP contribution < -0.4 is 5.32 Å². The first kappa shape index (κ1) is 15.8. The average molecular weight is 312 g/mol. The van der Waals surface area contributed by atoms with Gasteiger partial charge in [0.2, 0.25) is 10.0 Å². The summed E-state index contributed by atoms with van der Waals surface area (Å²) in [6, 6.07) is 0. The minimum absolute atomic E-state index is 0.0230. The molecule has 2 aliphatic heterocycles. The highest BCUT2D eigenvalue weighted by Gasteiger charge is 2.37. The maximum Gasteiger partial charge on any atom is 0.412 e. The highest BCUT2D eigenvalue weighted by molar-refractivity contribution is 7.89. The quantitative estimate of drug-likeness (QED) is 0.804. The second-order valence-corrected chi connectivity index (χ2v) is 7.34. The summed E-state index contributed by atoms with van der Waals surface area (Å²) in [7, 11) is -3.47. The van der Waals surface area contributed by atoms with Gasteiger partial charge in [0, 0.05) is 18.7 Å². The zero-order valence-electron chi connectivity index (χ0n) is 11.1. The molecule has 0 saturated carbocycles. The molecule has 1 saturated heterocycles. The molecule has 0 aliphatic carbocycles. The maximum absolute atomic E-state index is 12.5. The van der Waals surface area contributed by atoms with Crippen molar-refractivity contribution in [1.82, 2.24) is 9.62 Å². The molecule has 1 fully saturated rings. The first-order valence-corrected chi connectivity index (χ1v) is 8.35. The van der Waals surface area contributed by atoms with Gasteiger partial charge in [0.1, 0.15) is 0 Å². The lowest BCUT2D eigenvalue weighted by Gasteiger charge is -2.29. The molecule has 0 spiro atoms. The van der Waals surface area contributed by atoms with Crippen molar-refractivity contribution in [3.63, 3.8) is 0 Å². The number of sulfonamides is 1. The van der Waals surface area contributed by atoms with Crippen LogP contribution in [0.15, 0.2) is 11.6 Å². The molecule has 2 aliphatic rings. The van der Waals surface area contributed by atoms with E-state index in [-0.39, 0.29) is 31.2 Å². The van der Waals surface area contributed by atoms with E-state index in [0.717, 1.165) is 29.8 Å².